The number of nitrogens with two attached hydrogens (primary N) is 1. The number of fused-ring (bicyclic) bond motifs is 1. The average Bonchev–Trinajstić information content (AvgIpc) is 2.57. The Bertz CT molecular complexity index is 567. The molecule has 0 amide bonds. The Balaban J connectivity index is 2.94. The lowest BCUT2D eigenvalue weighted by Gasteiger charge is -2.08. The van der Waals surface area contributed by atoms with Crippen LogP contribution in [0.1, 0.15) is 36.6 Å². The molecule has 0 radical (unpaired) electrons. The zero-order chi connectivity index (χ0) is 12.7. The van der Waals surface area contributed by atoms with Gasteiger partial charge in [0, 0.05) is 29.7 Å². The molecule has 0 saturated carbocycles. The Kier molecular flexibility index (Phi) is 3.19. The minimum atomic E-state index is 0.470. The van der Waals surface area contributed by atoms with Gasteiger partial charge in [0.1, 0.15) is 0 Å². The lowest BCUT2D eigenvalue weighted by molar-refractivity contribution is 0.787. The number of hydrogen-bond acceptors (Lipinski definition) is 1. The van der Waals surface area contributed by atoms with E-state index in [1.807, 2.05) is 6.07 Å². The van der Waals surface area contributed by atoms with Gasteiger partial charge < -0.3 is 10.3 Å². The Morgan fingerprint density at radius 2 is 2.00 bits per heavy atom. The second-order valence-corrected chi connectivity index (χ2v) is 5.25. The van der Waals surface area contributed by atoms with E-state index in [4.69, 9.17) is 17.3 Å². The van der Waals surface area contributed by atoms with Gasteiger partial charge in [-0.2, -0.15) is 0 Å². The zero-order valence-electron chi connectivity index (χ0n) is 10.8. The van der Waals surface area contributed by atoms with E-state index >= 15 is 0 Å². The van der Waals surface area contributed by atoms with Crippen molar-refractivity contribution in [2.75, 3.05) is 0 Å². The molecule has 17 heavy (non-hydrogen) atoms. The molecular formula is C14H19ClN2. The summed E-state index contributed by atoms with van der Waals surface area (Å²) in [5.41, 5.74) is 10.8. The zero-order valence-corrected chi connectivity index (χ0v) is 11.6. The highest BCUT2D eigenvalue weighted by atomic mass is 35.5. The minimum Gasteiger partial charge on any atom is -0.346 e. The van der Waals surface area contributed by atoms with E-state index in [0.717, 1.165) is 10.6 Å². The van der Waals surface area contributed by atoms with Crippen molar-refractivity contribution in [1.82, 2.24) is 4.57 Å². The van der Waals surface area contributed by atoms with Gasteiger partial charge in [0.25, 0.3) is 0 Å². The summed E-state index contributed by atoms with van der Waals surface area (Å²) in [6.07, 6.45) is 0. The third-order valence-corrected chi connectivity index (χ3v) is 3.89. The van der Waals surface area contributed by atoms with E-state index in [0.29, 0.717) is 12.5 Å². The van der Waals surface area contributed by atoms with Gasteiger partial charge in [-0.3, -0.25) is 0 Å². The van der Waals surface area contributed by atoms with Crippen molar-refractivity contribution in [3.63, 3.8) is 0 Å². The molecule has 1 heterocycles. The predicted molar refractivity (Wildman–Crippen MR) is 74.6 cm³/mol. The van der Waals surface area contributed by atoms with Crippen molar-refractivity contribution in [3.05, 3.63) is 34.0 Å². The molecule has 2 N–H and O–H groups in total. The van der Waals surface area contributed by atoms with Crippen molar-refractivity contribution in [1.29, 1.82) is 0 Å². The van der Waals surface area contributed by atoms with Crippen LogP contribution in [0.3, 0.4) is 0 Å². The van der Waals surface area contributed by atoms with Crippen molar-refractivity contribution < 1.29 is 0 Å². The first-order valence-corrected chi connectivity index (χ1v) is 6.33. The smallest absolute Gasteiger partial charge is 0.0527 e. The van der Waals surface area contributed by atoms with Crippen molar-refractivity contribution in [2.45, 2.75) is 33.2 Å². The molecule has 0 aliphatic carbocycles. The number of hydrogen-bond donors (Lipinski definition) is 1. The highest BCUT2D eigenvalue weighted by molar-refractivity contribution is 6.32. The monoisotopic (exact) mass is 250 g/mol. The SMILES string of the molecule is Cc1c(Cl)ccc2c(C(C)C)c(CN)n(C)c12. The molecule has 0 saturated heterocycles. The number of benzene rings is 1. The van der Waals surface area contributed by atoms with Crippen LogP contribution >= 0.6 is 11.6 Å². The third-order valence-electron chi connectivity index (χ3n) is 3.48. The highest BCUT2D eigenvalue weighted by Crippen LogP contribution is 2.35. The average molecular weight is 251 g/mol. The molecule has 3 heteroatoms. The Labute approximate surface area is 107 Å². The van der Waals surface area contributed by atoms with Crippen LogP contribution in [0.15, 0.2) is 12.1 Å². The van der Waals surface area contributed by atoms with Gasteiger partial charge in [0.05, 0.1) is 5.52 Å². The van der Waals surface area contributed by atoms with Crippen LogP contribution < -0.4 is 5.73 Å². The Hall–Kier alpha value is -0.990. The van der Waals surface area contributed by atoms with E-state index in [9.17, 15) is 0 Å². The lowest BCUT2D eigenvalue weighted by Crippen LogP contribution is -2.06. The Morgan fingerprint density at radius 3 is 2.53 bits per heavy atom. The molecule has 2 aromatic rings. The molecule has 0 aliphatic rings. The fourth-order valence-corrected chi connectivity index (χ4v) is 2.84. The summed E-state index contributed by atoms with van der Waals surface area (Å²) in [6.45, 7) is 7.04. The minimum absolute atomic E-state index is 0.470. The number of aryl methyl sites for hydroxylation is 2. The van der Waals surface area contributed by atoms with Crippen LogP contribution in [0.25, 0.3) is 10.9 Å². The molecule has 0 aliphatic heterocycles. The van der Waals surface area contributed by atoms with E-state index in [-0.39, 0.29) is 0 Å². The molecule has 0 atom stereocenters. The second-order valence-electron chi connectivity index (χ2n) is 4.85. The van der Waals surface area contributed by atoms with Crippen LogP contribution in [-0.4, -0.2) is 4.57 Å². The first-order valence-electron chi connectivity index (χ1n) is 5.95. The van der Waals surface area contributed by atoms with Crippen LogP contribution in [0.4, 0.5) is 0 Å². The fourth-order valence-electron chi connectivity index (χ4n) is 2.69. The molecule has 1 aromatic carbocycles. The van der Waals surface area contributed by atoms with Crippen molar-refractivity contribution in [2.24, 2.45) is 12.8 Å². The maximum absolute atomic E-state index is 6.20. The summed E-state index contributed by atoms with van der Waals surface area (Å²) in [4.78, 5) is 0. The first-order chi connectivity index (χ1) is 7.99. The maximum Gasteiger partial charge on any atom is 0.0527 e. The normalized spacial score (nSPS) is 11.7. The number of halogens is 1. The van der Waals surface area contributed by atoms with Crippen LogP contribution in [0.2, 0.25) is 5.02 Å². The maximum atomic E-state index is 6.20. The van der Waals surface area contributed by atoms with E-state index in [2.05, 4.69) is 38.5 Å². The molecule has 0 unspecified atom stereocenters. The van der Waals surface area contributed by atoms with Gasteiger partial charge in [-0.05, 0) is 30.0 Å². The quantitative estimate of drug-likeness (QED) is 0.865. The predicted octanol–water partition coefficient (Wildman–Crippen LogP) is 3.72. The highest BCUT2D eigenvalue weighted by Gasteiger charge is 2.18. The third kappa shape index (κ3) is 1.76. The summed E-state index contributed by atoms with van der Waals surface area (Å²) in [5.74, 6) is 0.470. The van der Waals surface area contributed by atoms with Crippen molar-refractivity contribution in [3.8, 4) is 0 Å². The van der Waals surface area contributed by atoms with Gasteiger partial charge >= 0.3 is 0 Å². The van der Waals surface area contributed by atoms with Crippen LogP contribution in [0.5, 0.6) is 0 Å². The molecule has 2 nitrogen and oxygen atoms in total. The van der Waals surface area contributed by atoms with E-state index in [1.165, 1.54) is 22.2 Å². The number of aromatic nitrogens is 1. The lowest BCUT2D eigenvalue weighted by atomic mass is 9.98. The summed E-state index contributed by atoms with van der Waals surface area (Å²) in [6, 6.07) is 4.09. The van der Waals surface area contributed by atoms with Gasteiger partial charge in [0.15, 0.2) is 0 Å². The van der Waals surface area contributed by atoms with E-state index in [1.54, 1.807) is 0 Å². The molecular weight excluding hydrogens is 232 g/mol. The standard InChI is InChI=1S/C14H19ClN2/c1-8(2)13-10-5-6-11(15)9(3)14(10)17(4)12(13)7-16/h5-6,8H,7,16H2,1-4H3. The topological polar surface area (TPSA) is 30.9 Å². The first kappa shape index (κ1) is 12.5. The number of rotatable bonds is 2. The summed E-state index contributed by atoms with van der Waals surface area (Å²) in [7, 11) is 2.07. The van der Waals surface area contributed by atoms with Gasteiger partial charge in [-0.25, -0.2) is 0 Å². The fraction of sp³-hybridized carbons (Fsp3) is 0.429. The molecule has 0 bridgehead atoms. The summed E-state index contributed by atoms with van der Waals surface area (Å²) >= 11 is 6.20. The molecule has 92 valence electrons. The largest absolute Gasteiger partial charge is 0.346 e. The van der Waals surface area contributed by atoms with Crippen LogP contribution in [-0.2, 0) is 13.6 Å². The molecule has 2 rings (SSSR count). The van der Waals surface area contributed by atoms with Gasteiger partial charge in [0.2, 0.25) is 0 Å². The van der Waals surface area contributed by atoms with Crippen molar-refractivity contribution >= 4 is 22.5 Å². The number of nitrogens with zero attached hydrogens (tertiary/aromatic N) is 1. The second kappa shape index (κ2) is 4.35. The summed E-state index contributed by atoms with van der Waals surface area (Å²) < 4.78 is 2.19. The van der Waals surface area contributed by atoms with Crippen LogP contribution in [0, 0.1) is 6.92 Å². The summed E-state index contributed by atoms with van der Waals surface area (Å²) in [5, 5.41) is 2.10. The molecule has 0 fully saturated rings. The Morgan fingerprint density at radius 1 is 1.35 bits per heavy atom. The van der Waals surface area contributed by atoms with Gasteiger partial charge in [-0.15, -0.1) is 0 Å². The molecule has 0 spiro atoms. The van der Waals surface area contributed by atoms with Gasteiger partial charge in [-0.1, -0.05) is 31.5 Å². The molecule has 1 aromatic heterocycles. The van der Waals surface area contributed by atoms with E-state index < -0.39 is 0 Å².